The number of aromatic nitrogens is 2. The van der Waals surface area contributed by atoms with Crippen molar-refractivity contribution in [2.75, 3.05) is 25.1 Å². The van der Waals surface area contributed by atoms with Crippen molar-refractivity contribution < 1.29 is 22.7 Å². The van der Waals surface area contributed by atoms with Gasteiger partial charge in [0, 0.05) is 18.3 Å². The average Bonchev–Trinajstić information content (AvgIpc) is 3.24. The Kier molecular flexibility index (Phi) is 4.22. The number of hydrogen-bond donors (Lipinski definition) is 1. The number of hydrogen-bond acceptors (Lipinski definition) is 3. The first kappa shape index (κ1) is 16.1. The minimum atomic E-state index is -4.35. The number of carbonyl (C=O) groups is 1. The zero-order valence-corrected chi connectivity index (χ0v) is 12.8. The summed E-state index contributed by atoms with van der Waals surface area (Å²) in [6.45, 7) is 1.82. The Labute approximate surface area is 131 Å². The molecule has 1 aromatic rings. The fraction of sp³-hybridized carbons (Fsp3) is 0.714. The molecule has 0 spiro atoms. The maximum absolute atomic E-state index is 12.5. The highest BCUT2D eigenvalue weighted by Crippen LogP contribution is 2.36. The van der Waals surface area contributed by atoms with Crippen LogP contribution in [0.5, 0.6) is 0 Å². The van der Waals surface area contributed by atoms with Crippen LogP contribution in [0.4, 0.5) is 23.8 Å². The van der Waals surface area contributed by atoms with Gasteiger partial charge in [0.2, 0.25) is 0 Å². The van der Waals surface area contributed by atoms with Gasteiger partial charge in [-0.05, 0) is 25.7 Å². The number of alkyl halides is 3. The molecule has 0 radical (unpaired) electrons. The van der Waals surface area contributed by atoms with Crippen LogP contribution in [0, 0.1) is 12.8 Å². The van der Waals surface area contributed by atoms with Crippen molar-refractivity contribution in [3.05, 3.63) is 11.8 Å². The third kappa shape index (κ3) is 3.95. The van der Waals surface area contributed by atoms with Crippen molar-refractivity contribution in [2.24, 2.45) is 5.92 Å². The van der Waals surface area contributed by atoms with E-state index in [4.69, 9.17) is 4.74 Å². The number of nitrogens with zero attached hydrogens (tertiary/aromatic N) is 3. The molecule has 23 heavy (non-hydrogen) atoms. The first-order valence-corrected chi connectivity index (χ1v) is 7.60. The van der Waals surface area contributed by atoms with Gasteiger partial charge in [-0.15, -0.1) is 0 Å². The van der Waals surface area contributed by atoms with E-state index in [2.05, 4.69) is 10.4 Å². The quantitative estimate of drug-likeness (QED) is 0.925. The Balaban J connectivity index is 1.66. The second-order valence-corrected chi connectivity index (χ2v) is 6.05. The summed E-state index contributed by atoms with van der Waals surface area (Å²) in [5.74, 6) is 0.600. The normalized spacial score (nSPS) is 22.3. The predicted octanol–water partition coefficient (Wildman–Crippen LogP) is 2.40. The van der Waals surface area contributed by atoms with Crippen LogP contribution >= 0.6 is 0 Å². The van der Waals surface area contributed by atoms with E-state index in [1.165, 1.54) is 13.0 Å². The van der Waals surface area contributed by atoms with Crippen molar-refractivity contribution in [1.82, 2.24) is 14.7 Å². The summed E-state index contributed by atoms with van der Waals surface area (Å²) in [6.07, 6.45) is -2.19. The maximum atomic E-state index is 12.5. The molecular formula is C14H19F3N4O2. The lowest BCUT2D eigenvalue weighted by Gasteiger charge is -2.35. The number of aryl methyl sites for hydroxylation is 1. The average molecular weight is 332 g/mol. The van der Waals surface area contributed by atoms with E-state index < -0.39 is 12.7 Å². The number of carbonyl (C=O) groups excluding carboxylic acids is 1. The van der Waals surface area contributed by atoms with Gasteiger partial charge in [-0.2, -0.15) is 18.3 Å². The summed E-state index contributed by atoms with van der Waals surface area (Å²) in [4.78, 5) is 14.1. The molecule has 6 nitrogen and oxygen atoms in total. The Bertz CT molecular complexity index is 583. The van der Waals surface area contributed by atoms with Crippen molar-refractivity contribution in [3.8, 4) is 0 Å². The van der Waals surface area contributed by atoms with Gasteiger partial charge < -0.3 is 9.64 Å². The number of anilines is 1. The highest BCUT2D eigenvalue weighted by molar-refractivity contribution is 5.88. The van der Waals surface area contributed by atoms with Gasteiger partial charge in [0.15, 0.2) is 5.82 Å². The molecule has 2 aliphatic rings. The predicted molar refractivity (Wildman–Crippen MR) is 76.1 cm³/mol. The molecule has 1 aliphatic heterocycles. The first-order valence-electron chi connectivity index (χ1n) is 7.60. The summed E-state index contributed by atoms with van der Waals surface area (Å²) < 4.78 is 43.6. The van der Waals surface area contributed by atoms with E-state index in [1.54, 1.807) is 4.90 Å². The van der Waals surface area contributed by atoms with Gasteiger partial charge in [0.1, 0.15) is 6.54 Å². The van der Waals surface area contributed by atoms with Crippen LogP contribution in [0.2, 0.25) is 0 Å². The second-order valence-electron chi connectivity index (χ2n) is 6.05. The Morgan fingerprint density at radius 3 is 2.87 bits per heavy atom. The van der Waals surface area contributed by atoms with Gasteiger partial charge in [0.05, 0.1) is 19.3 Å². The molecule has 2 fully saturated rings. The van der Waals surface area contributed by atoms with E-state index in [1.807, 2.05) is 0 Å². The summed E-state index contributed by atoms with van der Waals surface area (Å²) >= 11 is 0. The number of rotatable bonds is 3. The topological polar surface area (TPSA) is 59.4 Å². The van der Waals surface area contributed by atoms with Gasteiger partial charge in [-0.3, -0.25) is 10.00 Å². The molecule has 1 unspecified atom stereocenters. The fourth-order valence-corrected chi connectivity index (χ4v) is 2.83. The van der Waals surface area contributed by atoms with Crippen molar-refractivity contribution in [2.45, 2.75) is 38.5 Å². The molecule has 0 aromatic carbocycles. The molecule has 128 valence electrons. The van der Waals surface area contributed by atoms with E-state index >= 15 is 0 Å². The van der Waals surface area contributed by atoms with Crippen LogP contribution in [0.1, 0.15) is 18.5 Å². The lowest BCUT2D eigenvalue weighted by atomic mass is 10.1. The molecule has 1 saturated heterocycles. The Morgan fingerprint density at radius 1 is 1.48 bits per heavy atom. The van der Waals surface area contributed by atoms with Crippen LogP contribution in [0.15, 0.2) is 6.07 Å². The van der Waals surface area contributed by atoms with Crippen molar-refractivity contribution >= 4 is 11.8 Å². The Hall–Kier alpha value is -1.77. The van der Waals surface area contributed by atoms with Crippen LogP contribution in [0.3, 0.4) is 0 Å². The zero-order valence-electron chi connectivity index (χ0n) is 12.8. The van der Waals surface area contributed by atoms with E-state index in [-0.39, 0.29) is 17.9 Å². The van der Waals surface area contributed by atoms with Crippen molar-refractivity contribution in [3.63, 3.8) is 0 Å². The minimum absolute atomic E-state index is 0.0436. The third-order valence-corrected chi connectivity index (χ3v) is 4.14. The molecular weight excluding hydrogens is 313 g/mol. The van der Waals surface area contributed by atoms with E-state index in [0.29, 0.717) is 31.4 Å². The lowest BCUT2D eigenvalue weighted by molar-refractivity contribution is -0.142. The number of urea groups is 1. The molecule has 2 heterocycles. The smallest absolute Gasteiger partial charge is 0.377 e. The SMILES string of the molecule is Cc1cc(NC(=O)N2CCOCC2C2CC2)nn1CC(F)(F)F. The molecule has 1 aliphatic carbocycles. The summed E-state index contributed by atoms with van der Waals surface area (Å²) in [5, 5.41) is 6.43. The minimum Gasteiger partial charge on any atom is -0.377 e. The lowest BCUT2D eigenvalue weighted by Crippen LogP contribution is -2.51. The molecule has 1 N–H and O–H groups in total. The monoisotopic (exact) mass is 332 g/mol. The third-order valence-electron chi connectivity index (χ3n) is 4.14. The fourth-order valence-electron chi connectivity index (χ4n) is 2.83. The highest BCUT2D eigenvalue weighted by atomic mass is 19.4. The van der Waals surface area contributed by atoms with E-state index in [9.17, 15) is 18.0 Å². The molecule has 3 rings (SSSR count). The van der Waals surface area contributed by atoms with Crippen LogP contribution in [-0.4, -0.2) is 52.7 Å². The Morgan fingerprint density at radius 2 is 2.22 bits per heavy atom. The maximum Gasteiger partial charge on any atom is 0.408 e. The van der Waals surface area contributed by atoms with Crippen LogP contribution < -0.4 is 5.32 Å². The first-order chi connectivity index (χ1) is 10.8. The van der Waals surface area contributed by atoms with Gasteiger partial charge in [-0.25, -0.2) is 4.79 Å². The number of amides is 2. The summed E-state index contributed by atoms with van der Waals surface area (Å²) in [6, 6.07) is 1.15. The molecule has 2 amide bonds. The van der Waals surface area contributed by atoms with Crippen LogP contribution in [0.25, 0.3) is 0 Å². The summed E-state index contributed by atoms with van der Waals surface area (Å²) in [5.41, 5.74) is 0.346. The molecule has 1 aromatic heterocycles. The van der Waals surface area contributed by atoms with Gasteiger partial charge in [0.25, 0.3) is 0 Å². The molecule has 0 bridgehead atoms. The largest absolute Gasteiger partial charge is 0.408 e. The van der Waals surface area contributed by atoms with Crippen molar-refractivity contribution in [1.29, 1.82) is 0 Å². The standard InChI is InChI=1S/C14H19F3N4O2/c1-9-6-12(19-21(9)8-14(15,16)17)18-13(22)20-4-5-23-7-11(20)10-2-3-10/h6,10-11H,2-5,7-8H2,1H3,(H,18,19,22). The summed E-state index contributed by atoms with van der Waals surface area (Å²) in [7, 11) is 0. The molecule has 9 heteroatoms. The zero-order chi connectivity index (χ0) is 16.6. The van der Waals surface area contributed by atoms with E-state index in [0.717, 1.165) is 17.5 Å². The number of nitrogens with one attached hydrogen (secondary N) is 1. The second kappa shape index (κ2) is 6.03. The van der Waals surface area contributed by atoms with Gasteiger partial charge in [-0.1, -0.05) is 0 Å². The molecule has 1 saturated carbocycles. The van der Waals surface area contributed by atoms with Gasteiger partial charge >= 0.3 is 12.2 Å². The molecule has 1 atom stereocenters. The number of halogens is 3. The number of ether oxygens (including phenoxy) is 1. The van der Waals surface area contributed by atoms with Crippen LogP contribution in [-0.2, 0) is 11.3 Å². The number of morpholine rings is 1. The highest BCUT2D eigenvalue weighted by Gasteiger charge is 2.39.